The molecule has 2 amide bonds. The first-order valence-corrected chi connectivity index (χ1v) is 7.09. The van der Waals surface area contributed by atoms with E-state index in [9.17, 15) is 9.59 Å². The Balaban J connectivity index is 1.81. The van der Waals surface area contributed by atoms with Crippen LogP contribution in [-0.4, -0.2) is 28.6 Å². The maximum absolute atomic E-state index is 11.8. The molecule has 0 aliphatic carbocycles. The second-order valence-electron chi connectivity index (χ2n) is 4.31. The van der Waals surface area contributed by atoms with Crippen molar-refractivity contribution in [2.45, 2.75) is 6.54 Å². The average molecular weight is 339 g/mol. The van der Waals surface area contributed by atoms with E-state index in [-0.39, 0.29) is 35.2 Å². The molecular formula is C14H12Cl2N4O2. The number of amides is 2. The SMILES string of the molecule is O=C(CNC(=O)c1ccccc1)NCc1cc(Cl)nnc1Cl. The highest BCUT2D eigenvalue weighted by atomic mass is 35.5. The maximum atomic E-state index is 11.8. The summed E-state index contributed by atoms with van der Waals surface area (Å²) >= 11 is 11.5. The first-order valence-electron chi connectivity index (χ1n) is 6.34. The fourth-order valence-electron chi connectivity index (χ4n) is 1.62. The van der Waals surface area contributed by atoms with Gasteiger partial charge in [0.05, 0.1) is 6.54 Å². The zero-order valence-corrected chi connectivity index (χ0v) is 12.9. The lowest BCUT2D eigenvalue weighted by Crippen LogP contribution is -2.36. The Bertz CT molecular complexity index is 680. The molecule has 0 fully saturated rings. The molecule has 22 heavy (non-hydrogen) atoms. The van der Waals surface area contributed by atoms with Crippen LogP contribution in [0.5, 0.6) is 0 Å². The molecule has 1 aromatic heterocycles. The molecule has 0 saturated heterocycles. The molecule has 114 valence electrons. The van der Waals surface area contributed by atoms with Gasteiger partial charge in [-0.3, -0.25) is 9.59 Å². The van der Waals surface area contributed by atoms with Crippen LogP contribution in [0.15, 0.2) is 36.4 Å². The van der Waals surface area contributed by atoms with Crippen molar-refractivity contribution in [1.29, 1.82) is 0 Å². The summed E-state index contributed by atoms with van der Waals surface area (Å²) in [6.45, 7) is 0.00566. The lowest BCUT2D eigenvalue weighted by molar-refractivity contribution is -0.120. The van der Waals surface area contributed by atoms with E-state index in [0.717, 1.165) is 0 Å². The largest absolute Gasteiger partial charge is 0.350 e. The Labute approximate surface area is 136 Å². The number of carbonyl (C=O) groups is 2. The number of benzene rings is 1. The fraction of sp³-hybridized carbons (Fsp3) is 0.143. The second-order valence-corrected chi connectivity index (χ2v) is 5.05. The van der Waals surface area contributed by atoms with Crippen LogP contribution < -0.4 is 10.6 Å². The summed E-state index contributed by atoms with van der Waals surface area (Å²) in [5, 5.41) is 12.7. The molecule has 0 bridgehead atoms. The summed E-state index contributed by atoms with van der Waals surface area (Å²) in [4.78, 5) is 23.5. The van der Waals surface area contributed by atoms with Gasteiger partial charge in [-0.25, -0.2) is 0 Å². The van der Waals surface area contributed by atoms with Gasteiger partial charge in [-0.15, -0.1) is 10.2 Å². The predicted molar refractivity (Wildman–Crippen MR) is 82.7 cm³/mol. The van der Waals surface area contributed by atoms with Gasteiger partial charge in [-0.05, 0) is 18.2 Å². The third-order valence-corrected chi connectivity index (χ3v) is 3.22. The van der Waals surface area contributed by atoms with E-state index < -0.39 is 0 Å². The van der Waals surface area contributed by atoms with Crippen LogP contribution in [0, 0.1) is 0 Å². The molecule has 2 rings (SSSR count). The Morgan fingerprint density at radius 3 is 2.50 bits per heavy atom. The first kappa shape index (κ1) is 16.2. The van der Waals surface area contributed by atoms with E-state index in [0.29, 0.717) is 11.1 Å². The summed E-state index contributed by atoms with van der Waals surface area (Å²) in [5.41, 5.74) is 1.04. The van der Waals surface area contributed by atoms with E-state index in [2.05, 4.69) is 20.8 Å². The summed E-state index contributed by atoms with van der Waals surface area (Å²) < 4.78 is 0. The van der Waals surface area contributed by atoms with Crippen LogP contribution in [-0.2, 0) is 11.3 Å². The van der Waals surface area contributed by atoms with Gasteiger partial charge in [-0.1, -0.05) is 41.4 Å². The van der Waals surface area contributed by atoms with Crippen LogP contribution in [0.2, 0.25) is 10.3 Å². The van der Waals surface area contributed by atoms with Crippen molar-refractivity contribution in [3.63, 3.8) is 0 Å². The molecule has 2 N–H and O–H groups in total. The van der Waals surface area contributed by atoms with Crippen molar-refractivity contribution in [3.05, 3.63) is 57.8 Å². The molecule has 0 spiro atoms. The Morgan fingerprint density at radius 1 is 1.05 bits per heavy atom. The number of halogens is 2. The van der Waals surface area contributed by atoms with E-state index in [1.807, 2.05) is 0 Å². The van der Waals surface area contributed by atoms with Crippen molar-refractivity contribution < 1.29 is 9.59 Å². The van der Waals surface area contributed by atoms with Crippen LogP contribution in [0.1, 0.15) is 15.9 Å². The van der Waals surface area contributed by atoms with Crippen LogP contribution >= 0.6 is 23.2 Å². The number of hydrogen-bond acceptors (Lipinski definition) is 4. The average Bonchev–Trinajstić information content (AvgIpc) is 2.54. The minimum Gasteiger partial charge on any atom is -0.350 e. The molecular weight excluding hydrogens is 327 g/mol. The molecule has 8 heteroatoms. The number of hydrogen-bond donors (Lipinski definition) is 2. The minimum absolute atomic E-state index is 0.141. The number of nitrogens with one attached hydrogen (secondary N) is 2. The molecule has 1 aromatic carbocycles. The molecule has 2 aromatic rings. The lowest BCUT2D eigenvalue weighted by atomic mass is 10.2. The van der Waals surface area contributed by atoms with E-state index in [4.69, 9.17) is 23.2 Å². The van der Waals surface area contributed by atoms with Crippen molar-refractivity contribution in [2.75, 3.05) is 6.54 Å². The van der Waals surface area contributed by atoms with Gasteiger partial charge in [0.25, 0.3) is 5.91 Å². The van der Waals surface area contributed by atoms with Gasteiger partial charge in [0.15, 0.2) is 10.3 Å². The van der Waals surface area contributed by atoms with Crippen molar-refractivity contribution in [1.82, 2.24) is 20.8 Å². The highest BCUT2D eigenvalue weighted by molar-refractivity contribution is 6.31. The van der Waals surface area contributed by atoms with Crippen LogP contribution in [0.25, 0.3) is 0 Å². The van der Waals surface area contributed by atoms with E-state index >= 15 is 0 Å². The molecule has 0 aliphatic heterocycles. The van der Waals surface area contributed by atoms with Gasteiger partial charge in [0.1, 0.15) is 0 Å². The summed E-state index contributed by atoms with van der Waals surface area (Å²) in [6.07, 6.45) is 0. The van der Waals surface area contributed by atoms with Gasteiger partial charge < -0.3 is 10.6 Å². The summed E-state index contributed by atoms with van der Waals surface area (Å²) in [6, 6.07) is 10.1. The number of carbonyl (C=O) groups excluding carboxylic acids is 2. The first-order chi connectivity index (χ1) is 10.6. The van der Waals surface area contributed by atoms with Gasteiger partial charge in [-0.2, -0.15) is 0 Å². The van der Waals surface area contributed by atoms with Crippen molar-refractivity contribution in [2.24, 2.45) is 0 Å². The number of nitrogens with zero attached hydrogens (tertiary/aromatic N) is 2. The standard InChI is InChI=1S/C14H12Cl2N4O2/c15-11-6-10(13(16)20-19-11)7-17-12(21)8-18-14(22)9-4-2-1-3-5-9/h1-6H,7-8H2,(H,17,21)(H,18,22). The van der Waals surface area contributed by atoms with Gasteiger partial charge >= 0.3 is 0 Å². The highest BCUT2D eigenvalue weighted by Gasteiger charge is 2.09. The second kappa shape index (κ2) is 7.72. The zero-order valence-electron chi connectivity index (χ0n) is 11.3. The molecule has 6 nitrogen and oxygen atoms in total. The van der Waals surface area contributed by atoms with Gasteiger partial charge in [0.2, 0.25) is 5.91 Å². The predicted octanol–water partition coefficient (Wildman–Crippen LogP) is 1.83. The number of aromatic nitrogens is 2. The van der Waals surface area contributed by atoms with Crippen molar-refractivity contribution in [3.8, 4) is 0 Å². The fourth-order valence-corrected chi connectivity index (χ4v) is 1.95. The lowest BCUT2D eigenvalue weighted by Gasteiger charge is -2.08. The summed E-state index contributed by atoms with van der Waals surface area (Å²) in [7, 11) is 0. The monoisotopic (exact) mass is 338 g/mol. The number of rotatable bonds is 5. The Kier molecular flexibility index (Phi) is 5.68. The van der Waals surface area contributed by atoms with Crippen molar-refractivity contribution >= 4 is 35.0 Å². The molecule has 0 radical (unpaired) electrons. The molecule has 0 saturated carbocycles. The van der Waals surface area contributed by atoms with Crippen LogP contribution in [0.3, 0.4) is 0 Å². The highest BCUT2D eigenvalue weighted by Crippen LogP contribution is 2.14. The maximum Gasteiger partial charge on any atom is 0.251 e. The molecule has 0 aliphatic rings. The third-order valence-electron chi connectivity index (χ3n) is 2.71. The smallest absolute Gasteiger partial charge is 0.251 e. The topological polar surface area (TPSA) is 84.0 Å². The Hall–Kier alpha value is -2.18. The molecule has 1 heterocycles. The van der Waals surface area contributed by atoms with E-state index in [1.165, 1.54) is 6.07 Å². The van der Waals surface area contributed by atoms with Gasteiger partial charge in [0, 0.05) is 17.7 Å². The minimum atomic E-state index is -0.353. The van der Waals surface area contributed by atoms with E-state index in [1.54, 1.807) is 30.3 Å². The third kappa shape index (κ3) is 4.68. The van der Waals surface area contributed by atoms with Crippen LogP contribution in [0.4, 0.5) is 0 Å². The molecule has 0 unspecified atom stereocenters. The quantitative estimate of drug-likeness (QED) is 0.871. The zero-order chi connectivity index (χ0) is 15.9. The summed E-state index contributed by atoms with van der Waals surface area (Å²) in [5.74, 6) is -0.671. The molecule has 0 atom stereocenters. The Morgan fingerprint density at radius 2 is 1.77 bits per heavy atom. The normalized spacial score (nSPS) is 10.1.